The van der Waals surface area contributed by atoms with Gasteiger partial charge in [-0.3, -0.25) is 9.10 Å². The van der Waals surface area contributed by atoms with Crippen molar-refractivity contribution in [3.63, 3.8) is 0 Å². The van der Waals surface area contributed by atoms with Crippen molar-refractivity contribution >= 4 is 33.3 Å². The van der Waals surface area contributed by atoms with E-state index < -0.39 is 21.8 Å². The Morgan fingerprint density at radius 3 is 2.43 bits per heavy atom. The Balaban J connectivity index is 1.32. The molecule has 14 heteroatoms. The lowest BCUT2D eigenvalue weighted by Gasteiger charge is -2.32. The van der Waals surface area contributed by atoms with Crippen LogP contribution in [0.4, 0.5) is 30.5 Å². The van der Waals surface area contributed by atoms with Crippen molar-refractivity contribution in [2.75, 3.05) is 43.1 Å². The number of ether oxygens (including phenoxy) is 1. The molecule has 1 amide bonds. The standard InChI is InChI=1S/C32H39F3N6O4S/c1-20-5-6-21(28(17-20)40(2)46(4,43)44)7-11-26-25(32(33,34)35)19-36-31(38-26)39-27-12-8-22(18-29(27)45-3)30(42)37-23-13-15-41(16-14-23)24-9-10-24/h5-6,8,12,17-19,23-24H,7,9-11,13-16H2,1-4H3,(H,37,42)(H,36,38,39). The molecule has 10 nitrogen and oxygen atoms in total. The van der Waals surface area contributed by atoms with Crippen LogP contribution in [0.5, 0.6) is 5.75 Å². The number of hydrogen-bond donors (Lipinski definition) is 2. The van der Waals surface area contributed by atoms with Gasteiger partial charge in [0.2, 0.25) is 16.0 Å². The highest BCUT2D eigenvalue weighted by atomic mass is 32.2. The number of alkyl halides is 3. The molecule has 3 aromatic rings. The van der Waals surface area contributed by atoms with E-state index in [1.165, 1.54) is 27.0 Å². The van der Waals surface area contributed by atoms with Crippen LogP contribution in [-0.4, -0.2) is 74.8 Å². The molecule has 0 unspecified atom stereocenters. The Morgan fingerprint density at radius 1 is 1.09 bits per heavy atom. The number of piperidine rings is 1. The van der Waals surface area contributed by atoms with Gasteiger partial charge in [0.05, 0.1) is 36.0 Å². The quantitative estimate of drug-likeness (QED) is 0.292. The molecular weight excluding hydrogens is 621 g/mol. The van der Waals surface area contributed by atoms with Crippen LogP contribution in [0.3, 0.4) is 0 Å². The second-order valence-corrected chi connectivity index (χ2v) is 14.0. The smallest absolute Gasteiger partial charge is 0.419 e. The average Bonchev–Trinajstić information content (AvgIpc) is 3.85. The van der Waals surface area contributed by atoms with Crippen LogP contribution in [-0.2, 0) is 29.0 Å². The van der Waals surface area contributed by atoms with Gasteiger partial charge in [0, 0.05) is 44.0 Å². The first-order chi connectivity index (χ1) is 21.7. The Morgan fingerprint density at radius 2 is 1.80 bits per heavy atom. The zero-order valence-corrected chi connectivity index (χ0v) is 27.1. The molecule has 2 aromatic carbocycles. The predicted octanol–water partition coefficient (Wildman–Crippen LogP) is 5.09. The van der Waals surface area contributed by atoms with Crippen LogP contribution >= 0.6 is 0 Å². The number of anilines is 3. The summed E-state index contributed by atoms with van der Waals surface area (Å²) in [4.78, 5) is 23.6. The van der Waals surface area contributed by atoms with E-state index in [1.54, 1.807) is 43.3 Å². The Bertz CT molecular complexity index is 1690. The number of aryl methyl sites for hydroxylation is 3. The highest BCUT2D eigenvalue weighted by molar-refractivity contribution is 7.92. The molecule has 1 aromatic heterocycles. The molecule has 0 spiro atoms. The monoisotopic (exact) mass is 660 g/mol. The number of carbonyl (C=O) groups is 1. The third-order valence-corrected chi connectivity index (χ3v) is 9.71. The molecule has 248 valence electrons. The van der Waals surface area contributed by atoms with Gasteiger partial charge in [0.25, 0.3) is 5.91 Å². The van der Waals surface area contributed by atoms with Crippen molar-refractivity contribution in [3.05, 3.63) is 70.5 Å². The minimum absolute atomic E-state index is 0.0849. The summed E-state index contributed by atoms with van der Waals surface area (Å²) in [5.74, 6) is -0.00699. The first kappa shape index (κ1) is 33.5. The van der Waals surface area contributed by atoms with E-state index in [1.807, 2.05) is 0 Å². The molecule has 2 fully saturated rings. The van der Waals surface area contributed by atoms with E-state index in [4.69, 9.17) is 4.74 Å². The van der Waals surface area contributed by atoms with Gasteiger partial charge in [0.15, 0.2) is 0 Å². The number of likely N-dealkylation sites (tertiary alicyclic amines) is 1. The van der Waals surface area contributed by atoms with Crippen molar-refractivity contribution in [2.24, 2.45) is 0 Å². The first-order valence-corrected chi connectivity index (χ1v) is 17.0. The fourth-order valence-electron chi connectivity index (χ4n) is 5.69. The van der Waals surface area contributed by atoms with Crippen LogP contribution in [0.15, 0.2) is 42.6 Å². The number of amides is 1. The van der Waals surface area contributed by atoms with Crippen LogP contribution < -0.4 is 19.7 Å². The molecule has 0 bridgehead atoms. The van der Waals surface area contributed by atoms with Gasteiger partial charge in [-0.1, -0.05) is 12.1 Å². The minimum Gasteiger partial charge on any atom is -0.495 e. The first-order valence-electron chi connectivity index (χ1n) is 15.2. The van der Waals surface area contributed by atoms with Gasteiger partial charge in [-0.25, -0.2) is 18.4 Å². The van der Waals surface area contributed by atoms with Crippen LogP contribution in [0.25, 0.3) is 0 Å². The number of methoxy groups -OCH3 is 1. The molecule has 2 N–H and O–H groups in total. The zero-order valence-electron chi connectivity index (χ0n) is 26.3. The summed E-state index contributed by atoms with van der Waals surface area (Å²) in [5, 5.41) is 6.03. The summed E-state index contributed by atoms with van der Waals surface area (Å²) in [6.07, 6.45) is 1.37. The van der Waals surface area contributed by atoms with Gasteiger partial charge in [-0.2, -0.15) is 13.2 Å². The van der Waals surface area contributed by atoms with E-state index in [2.05, 4.69) is 25.5 Å². The summed E-state index contributed by atoms with van der Waals surface area (Å²) in [6, 6.07) is 10.8. The summed E-state index contributed by atoms with van der Waals surface area (Å²) in [5.41, 5.74) is 1.30. The second kappa shape index (κ2) is 13.4. The van der Waals surface area contributed by atoms with E-state index >= 15 is 0 Å². The van der Waals surface area contributed by atoms with E-state index in [9.17, 15) is 26.4 Å². The number of benzene rings is 2. The highest BCUT2D eigenvalue weighted by Crippen LogP contribution is 2.34. The number of nitrogens with zero attached hydrogens (tertiary/aromatic N) is 4. The van der Waals surface area contributed by atoms with E-state index in [-0.39, 0.29) is 36.4 Å². The maximum Gasteiger partial charge on any atom is 0.419 e. The Kier molecular flexibility index (Phi) is 9.78. The Hall–Kier alpha value is -3.91. The lowest BCUT2D eigenvalue weighted by atomic mass is 10.0. The lowest BCUT2D eigenvalue weighted by Crippen LogP contribution is -2.45. The van der Waals surface area contributed by atoms with Gasteiger partial charge in [-0.05, 0) is 80.8 Å². The molecule has 46 heavy (non-hydrogen) atoms. The molecule has 0 radical (unpaired) electrons. The Labute approximate surface area is 267 Å². The van der Waals surface area contributed by atoms with E-state index in [0.717, 1.165) is 48.3 Å². The number of rotatable bonds is 11. The molecular formula is C32H39F3N6O4S. The third kappa shape index (κ3) is 8.08. The van der Waals surface area contributed by atoms with Crippen molar-refractivity contribution in [1.82, 2.24) is 20.2 Å². The zero-order chi connectivity index (χ0) is 33.2. The van der Waals surface area contributed by atoms with Crippen LogP contribution in [0.2, 0.25) is 0 Å². The summed E-state index contributed by atoms with van der Waals surface area (Å²) >= 11 is 0. The molecule has 1 aliphatic carbocycles. The van der Waals surface area contributed by atoms with Gasteiger partial charge >= 0.3 is 6.18 Å². The van der Waals surface area contributed by atoms with Gasteiger partial charge < -0.3 is 20.3 Å². The topological polar surface area (TPSA) is 117 Å². The van der Waals surface area contributed by atoms with Crippen molar-refractivity contribution in [3.8, 4) is 5.75 Å². The molecule has 1 saturated heterocycles. The molecule has 1 aliphatic heterocycles. The number of sulfonamides is 1. The lowest BCUT2D eigenvalue weighted by molar-refractivity contribution is -0.138. The third-order valence-electron chi connectivity index (χ3n) is 8.52. The number of halogens is 3. The van der Waals surface area contributed by atoms with Crippen molar-refractivity contribution in [2.45, 2.75) is 63.7 Å². The highest BCUT2D eigenvalue weighted by Gasteiger charge is 2.35. The molecule has 0 atom stereocenters. The maximum absolute atomic E-state index is 14.0. The minimum atomic E-state index is -4.70. The largest absolute Gasteiger partial charge is 0.495 e. The maximum atomic E-state index is 14.0. The fourth-order valence-corrected chi connectivity index (χ4v) is 6.22. The summed E-state index contributed by atoms with van der Waals surface area (Å²) < 4.78 is 72.9. The number of nitrogens with one attached hydrogen (secondary N) is 2. The fraction of sp³-hybridized carbons (Fsp3) is 0.469. The second-order valence-electron chi connectivity index (χ2n) is 12.0. The normalized spacial score (nSPS) is 16.2. The van der Waals surface area contributed by atoms with Gasteiger partial charge in [0.1, 0.15) is 5.75 Å². The van der Waals surface area contributed by atoms with Crippen LogP contribution in [0, 0.1) is 6.92 Å². The summed E-state index contributed by atoms with van der Waals surface area (Å²) in [6.45, 7) is 3.75. The number of carbonyl (C=O) groups excluding carboxylic acids is 1. The van der Waals surface area contributed by atoms with Gasteiger partial charge in [-0.15, -0.1) is 0 Å². The van der Waals surface area contributed by atoms with Crippen molar-refractivity contribution in [1.29, 1.82) is 0 Å². The summed E-state index contributed by atoms with van der Waals surface area (Å²) in [7, 11) is -0.761. The van der Waals surface area contributed by atoms with Crippen molar-refractivity contribution < 1.29 is 31.1 Å². The molecule has 5 rings (SSSR count). The SMILES string of the molecule is COc1cc(C(=O)NC2CCN(C3CC3)CC2)ccc1Nc1ncc(C(F)(F)F)c(CCc2ccc(C)cc2N(C)S(C)(=O)=O)n1. The molecule has 1 saturated carbocycles. The average molecular weight is 661 g/mol. The number of aromatic nitrogens is 2. The van der Waals surface area contributed by atoms with Crippen LogP contribution in [0.1, 0.15) is 58.4 Å². The predicted molar refractivity (Wildman–Crippen MR) is 170 cm³/mol. The molecule has 2 aliphatic rings. The number of hydrogen-bond acceptors (Lipinski definition) is 8. The van der Waals surface area contributed by atoms with E-state index in [0.29, 0.717) is 34.3 Å². The molecule has 2 heterocycles.